The second-order valence-electron chi connectivity index (χ2n) is 2.90. The second-order valence-corrected chi connectivity index (χ2v) is 3.75. The van der Waals surface area contributed by atoms with Gasteiger partial charge in [0.15, 0.2) is 0 Å². The summed E-state index contributed by atoms with van der Waals surface area (Å²) in [6.45, 7) is 4.27. The molecule has 0 aliphatic heterocycles. The summed E-state index contributed by atoms with van der Waals surface area (Å²) in [5.41, 5.74) is 7.86. The van der Waals surface area contributed by atoms with Crippen molar-refractivity contribution in [3.63, 3.8) is 0 Å². The summed E-state index contributed by atoms with van der Waals surface area (Å²) in [7, 11) is 0. The molecule has 0 atom stereocenters. The minimum Gasteiger partial charge on any atom is -0.398 e. The van der Waals surface area contributed by atoms with Crippen LogP contribution in [0, 0.1) is 0 Å². The van der Waals surface area contributed by atoms with Crippen molar-refractivity contribution < 1.29 is 0 Å². The minimum atomic E-state index is 0.477. The molecule has 1 nitrogen and oxygen atoms in total. The summed E-state index contributed by atoms with van der Waals surface area (Å²) in [6, 6.07) is 5.90. The zero-order valence-corrected chi connectivity index (χ0v) is 8.35. The van der Waals surface area contributed by atoms with Crippen molar-refractivity contribution >= 4 is 21.6 Å². The van der Waals surface area contributed by atoms with Gasteiger partial charge in [-0.05, 0) is 23.6 Å². The van der Waals surface area contributed by atoms with Crippen molar-refractivity contribution in [1.29, 1.82) is 0 Å². The van der Waals surface area contributed by atoms with E-state index in [1.165, 1.54) is 5.56 Å². The summed E-state index contributed by atoms with van der Waals surface area (Å²) in [5.74, 6) is 0.477. The first kappa shape index (κ1) is 8.60. The molecule has 1 aromatic carbocycles. The van der Waals surface area contributed by atoms with Gasteiger partial charge in [0.2, 0.25) is 0 Å². The van der Waals surface area contributed by atoms with Gasteiger partial charge >= 0.3 is 0 Å². The Morgan fingerprint density at radius 1 is 1.36 bits per heavy atom. The highest BCUT2D eigenvalue weighted by atomic mass is 79.9. The number of halogens is 1. The first-order chi connectivity index (χ1) is 5.13. The molecule has 0 saturated heterocycles. The topological polar surface area (TPSA) is 26.0 Å². The molecule has 0 unspecified atom stereocenters. The Bertz CT molecular complexity index is 235. The fourth-order valence-electron chi connectivity index (χ4n) is 1.16. The quantitative estimate of drug-likeness (QED) is 0.714. The van der Waals surface area contributed by atoms with Crippen LogP contribution in [-0.4, -0.2) is 0 Å². The Balaban J connectivity index is 3.21. The van der Waals surface area contributed by atoms with E-state index >= 15 is 0 Å². The number of benzene rings is 1. The van der Waals surface area contributed by atoms with Crippen LogP contribution >= 0.6 is 15.9 Å². The van der Waals surface area contributed by atoms with Crippen LogP contribution in [0.3, 0.4) is 0 Å². The number of nitrogens with two attached hydrogens (primary N) is 1. The minimum absolute atomic E-state index is 0.477. The molecule has 1 rings (SSSR count). The van der Waals surface area contributed by atoms with Crippen molar-refractivity contribution in [3.05, 3.63) is 28.2 Å². The van der Waals surface area contributed by atoms with Gasteiger partial charge in [0.05, 0.1) is 0 Å². The summed E-state index contributed by atoms with van der Waals surface area (Å²) < 4.78 is 1.10. The van der Waals surface area contributed by atoms with E-state index in [9.17, 15) is 0 Å². The number of nitrogen functional groups attached to an aromatic ring is 1. The molecule has 1 aromatic rings. The highest BCUT2D eigenvalue weighted by molar-refractivity contribution is 9.10. The predicted molar refractivity (Wildman–Crippen MR) is 52.6 cm³/mol. The van der Waals surface area contributed by atoms with Gasteiger partial charge in [-0.25, -0.2) is 0 Å². The van der Waals surface area contributed by atoms with Gasteiger partial charge in [-0.15, -0.1) is 0 Å². The zero-order chi connectivity index (χ0) is 8.43. The van der Waals surface area contributed by atoms with Gasteiger partial charge in [0.25, 0.3) is 0 Å². The van der Waals surface area contributed by atoms with E-state index in [1.54, 1.807) is 0 Å². The second kappa shape index (κ2) is 3.26. The van der Waals surface area contributed by atoms with Crippen molar-refractivity contribution in [2.45, 2.75) is 19.8 Å². The van der Waals surface area contributed by atoms with Crippen LogP contribution in [0.5, 0.6) is 0 Å². The van der Waals surface area contributed by atoms with E-state index in [0.717, 1.165) is 10.2 Å². The molecule has 0 aromatic heterocycles. The van der Waals surface area contributed by atoms with Gasteiger partial charge < -0.3 is 5.73 Å². The van der Waals surface area contributed by atoms with Crippen LogP contribution in [0.1, 0.15) is 25.3 Å². The average molecular weight is 214 g/mol. The lowest BCUT2D eigenvalue weighted by Crippen LogP contribution is -1.96. The molecule has 0 aliphatic carbocycles. The van der Waals surface area contributed by atoms with Crippen molar-refractivity contribution in [1.82, 2.24) is 0 Å². The molecule has 11 heavy (non-hydrogen) atoms. The lowest BCUT2D eigenvalue weighted by atomic mass is 10.0. The monoisotopic (exact) mass is 213 g/mol. The van der Waals surface area contributed by atoms with Gasteiger partial charge in [0, 0.05) is 10.2 Å². The third-order valence-corrected chi connectivity index (χ3v) is 2.36. The third-order valence-electron chi connectivity index (χ3n) is 1.66. The fourth-order valence-corrected chi connectivity index (χ4v) is 2.00. The lowest BCUT2D eigenvalue weighted by Gasteiger charge is -2.10. The van der Waals surface area contributed by atoms with Crippen LogP contribution in [0.15, 0.2) is 22.7 Å². The van der Waals surface area contributed by atoms with E-state index in [2.05, 4.69) is 29.8 Å². The highest BCUT2D eigenvalue weighted by Crippen LogP contribution is 2.29. The number of hydrogen-bond acceptors (Lipinski definition) is 1. The third kappa shape index (κ3) is 1.74. The average Bonchev–Trinajstić information content (AvgIpc) is 1.85. The van der Waals surface area contributed by atoms with Crippen LogP contribution in [0.2, 0.25) is 0 Å². The van der Waals surface area contributed by atoms with E-state index in [-0.39, 0.29) is 0 Å². The first-order valence-electron chi connectivity index (χ1n) is 3.67. The molecule has 2 heteroatoms. The molecule has 60 valence electrons. The van der Waals surface area contributed by atoms with Gasteiger partial charge in [0.1, 0.15) is 0 Å². The summed E-state index contributed by atoms with van der Waals surface area (Å²) in [4.78, 5) is 0. The Labute approximate surface area is 75.7 Å². The Hall–Kier alpha value is -0.500. The number of rotatable bonds is 1. The van der Waals surface area contributed by atoms with Crippen LogP contribution in [-0.2, 0) is 0 Å². The van der Waals surface area contributed by atoms with E-state index < -0.39 is 0 Å². The number of anilines is 1. The van der Waals surface area contributed by atoms with Crippen molar-refractivity contribution in [2.24, 2.45) is 0 Å². The molecule has 0 radical (unpaired) electrons. The van der Waals surface area contributed by atoms with Crippen molar-refractivity contribution in [3.8, 4) is 0 Å². The predicted octanol–water partition coefficient (Wildman–Crippen LogP) is 3.15. The Morgan fingerprint density at radius 2 is 2.00 bits per heavy atom. The molecule has 0 saturated carbocycles. The Morgan fingerprint density at radius 3 is 2.36 bits per heavy atom. The van der Waals surface area contributed by atoms with Gasteiger partial charge in [-0.2, -0.15) is 0 Å². The molecule has 0 fully saturated rings. The van der Waals surface area contributed by atoms with Crippen molar-refractivity contribution in [2.75, 3.05) is 5.73 Å². The maximum atomic E-state index is 5.79. The maximum absolute atomic E-state index is 5.79. The van der Waals surface area contributed by atoms with Crippen LogP contribution in [0.4, 0.5) is 5.69 Å². The van der Waals surface area contributed by atoms with Gasteiger partial charge in [-0.3, -0.25) is 0 Å². The molecular weight excluding hydrogens is 202 g/mol. The number of hydrogen-bond donors (Lipinski definition) is 1. The fraction of sp³-hybridized carbons (Fsp3) is 0.333. The van der Waals surface area contributed by atoms with Crippen LogP contribution in [0.25, 0.3) is 0 Å². The lowest BCUT2D eigenvalue weighted by molar-refractivity contribution is 0.864. The smallest absolute Gasteiger partial charge is 0.0360 e. The molecule has 0 heterocycles. The molecule has 0 bridgehead atoms. The van der Waals surface area contributed by atoms with E-state index in [1.807, 2.05) is 18.2 Å². The van der Waals surface area contributed by atoms with Gasteiger partial charge in [-0.1, -0.05) is 35.8 Å². The largest absolute Gasteiger partial charge is 0.398 e. The summed E-state index contributed by atoms with van der Waals surface area (Å²) in [5, 5.41) is 0. The maximum Gasteiger partial charge on any atom is 0.0360 e. The zero-order valence-electron chi connectivity index (χ0n) is 6.76. The molecular formula is C9H12BrN. The summed E-state index contributed by atoms with van der Waals surface area (Å²) in [6.07, 6.45) is 0. The molecule has 0 amide bonds. The SMILES string of the molecule is CC(C)c1c(N)cccc1Br. The summed E-state index contributed by atoms with van der Waals surface area (Å²) >= 11 is 3.47. The van der Waals surface area contributed by atoms with Crippen LogP contribution < -0.4 is 5.73 Å². The molecule has 0 aliphatic rings. The van der Waals surface area contributed by atoms with E-state index in [4.69, 9.17) is 5.73 Å². The standard InChI is InChI=1S/C9H12BrN/c1-6(2)9-7(10)4-3-5-8(9)11/h3-6H,11H2,1-2H3. The Kier molecular flexibility index (Phi) is 2.55. The normalized spacial score (nSPS) is 10.5. The first-order valence-corrected chi connectivity index (χ1v) is 4.46. The molecule has 2 N–H and O–H groups in total. The molecule has 0 spiro atoms. The highest BCUT2D eigenvalue weighted by Gasteiger charge is 2.06. The van der Waals surface area contributed by atoms with E-state index in [0.29, 0.717) is 5.92 Å².